The van der Waals surface area contributed by atoms with Gasteiger partial charge in [0.15, 0.2) is 0 Å². The molecule has 0 saturated carbocycles. The van der Waals surface area contributed by atoms with Gasteiger partial charge in [0, 0.05) is 11.5 Å². The summed E-state index contributed by atoms with van der Waals surface area (Å²) in [6.45, 7) is 2.02. The SMILES string of the molecule is Cc1cc(C=CCN=[N+]=[N-])ccc1F. The standard InChI is InChI=1S/C10H10FN3/c1-8-7-9(4-5-10(8)11)3-2-6-13-14-12/h2-5,7H,6H2,1H3. The van der Waals surface area contributed by atoms with Gasteiger partial charge >= 0.3 is 0 Å². The third-order valence-corrected chi connectivity index (χ3v) is 1.74. The van der Waals surface area contributed by atoms with E-state index < -0.39 is 0 Å². The van der Waals surface area contributed by atoms with Crippen LogP contribution in [0, 0.1) is 12.7 Å². The molecule has 0 saturated heterocycles. The normalized spacial score (nSPS) is 10.1. The fourth-order valence-corrected chi connectivity index (χ4v) is 1.04. The Balaban J connectivity index is 2.72. The van der Waals surface area contributed by atoms with Crippen molar-refractivity contribution in [2.75, 3.05) is 6.54 Å². The van der Waals surface area contributed by atoms with Gasteiger partial charge in [0.05, 0.1) is 0 Å². The summed E-state index contributed by atoms with van der Waals surface area (Å²) >= 11 is 0. The lowest BCUT2D eigenvalue weighted by molar-refractivity contribution is 0.618. The number of hydrogen-bond donors (Lipinski definition) is 0. The Kier molecular flexibility index (Phi) is 3.70. The molecule has 1 aromatic carbocycles. The van der Waals surface area contributed by atoms with E-state index in [9.17, 15) is 4.39 Å². The maximum Gasteiger partial charge on any atom is 0.126 e. The van der Waals surface area contributed by atoms with Crippen molar-refractivity contribution in [3.63, 3.8) is 0 Å². The predicted molar refractivity (Wildman–Crippen MR) is 54.2 cm³/mol. The molecule has 1 aromatic rings. The molecule has 0 aromatic heterocycles. The molecule has 0 fully saturated rings. The molecule has 0 N–H and O–H groups in total. The quantitative estimate of drug-likeness (QED) is 0.399. The largest absolute Gasteiger partial charge is 0.207 e. The number of aryl methyl sites for hydroxylation is 1. The maximum absolute atomic E-state index is 12.9. The maximum atomic E-state index is 12.9. The highest BCUT2D eigenvalue weighted by Crippen LogP contribution is 2.10. The van der Waals surface area contributed by atoms with E-state index in [1.165, 1.54) is 6.07 Å². The van der Waals surface area contributed by atoms with Crippen molar-refractivity contribution < 1.29 is 4.39 Å². The Hall–Kier alpha value is -1.80. The minimum atomic E-state index is -0.211. The molecule has 14 heavy (non-hydrogen) atoms. The van der Waals surface area contributed by atoms with Gasteiger partial charge in [0.2, 0.25) is 0 Å². The second-order valence-electron chi connectivity index (χ2n) is 2.82. The first-order valence-electron chi connectivity index (χ1n) is 4.17. The highest BCUT2D eigenvalue weighted by Gasteiger charge is 1.95. The highest BCUT2D eigenvalue weighted by molar-refractivity contribution is 5.50. The van der Waals surface area contributed by atoms with Gasteiger partial charge in [-0.3, -0.25) is 0 Å². The monoisotopic (exact) mass is 191 g/mol. The van der Waals surface area contributed by atoms with E-state index in [0.717, 1.165) is 5.56 Å². The Morgan fingerprint density at radius 3 is 3.00 bits per heavy atom. The fourth-order valence-electron chi connectivity index (χ4n) is 1.04. The summed E-state index contributed by atoms with van der Waals surface area (Å²) in [5.41, 5.74) is 9.53. The molecule has 0 aliphatic heterocycles. The Labute approximate surface area is 81.5 Å². The first-order valence-corrected chi connectivity index (χ1v) is 4.17. The number of azide groups is 1. The van der Waals surface area contributed by atoms with Gasteiger partial charge in [-0.2, -0.15) is 0 Å². The summed E-state index contributed by atoms with van der Waals surface area (Å²) in [6.07, 6.45) is 3.52. The Bertz CT molecular complexity index is 392. The Morgan fingerprint density at radius 1 is 1.57 bits per heavy atom. The molecule has 0 aliphatic carbocycles. The molecule has 0 aliphatic rings. The average Bonchev–Trinajstić information content (AvgIpc) is 2.18. The molecule has 0 radical (unpaired) electrons. The van der Waals surface area contributed by atoms with Crippen LogP contribution < -0.4 is 0 Å². The number of rotatable bonds is 3. The molecule has 0 amide bonds. The van der Waals surface area contributed by atoms with Crippen molar-refractivity contribution in [3.8, 4) is 0 Å². The van der Waals surface area contributed by atoms with Crippen molar-refractivity contribution in [2.45, 2.75) is 6.92 Å². The lowest BCUT2D eigenvalue weighted by atomic mass is 10.1. The Morgan fingerprint density at radius 2 is 2.36 bits per heavy atom. The summed E-state index contributed by atoms with van der Waals surface area (Å²) in [5, 5.41) is 3.35. The smallest absolute Gasteiger partial charge is 0.126 e. The molecule has 72 valence electrons. The number of nitrogens with zero attached hydrogens (tertiary/aromatic N) is 3. The fraction of sp³-hybridized carbons (Fsp3) is 0.200. The third-order valence-electron chi connectivity index (χ3n) is 1.74. The van der Waals surface area contributed by atoms with E-state index in [4.69, 9.17) is 5.53 Å². The van der Waals surface area contributed by atoms with Crippen LogP contribution in [0.25, 0.3) is 16.5 Å². The van der Waals surface area contributed by atoms with Gasteiger partial charge in [-0.1, -0.05) is 23.3 Å². The first kappa shape index (κ1) is 10.3. The highest BCUT2D eigenvalue weighted by atomic mass is 19.1. The van der Waals surface area contributed by atoms with Gasteiger partial charge in [-0.05, 0) is 35.7 Å². The average molecular weight is 191 g/mol. The summed E-state index contributed by atoms with van der Waals surface area (Å²) in [7, 11) is 0. The van der Waals surface area contributed by atoms with Crippen molar-refractivity contribution in [3.05, 3.63) is 51.7 Å². The van der Waals surface area contributed by atoms with Gasteiger partial charge in [0.1, 0.15) is 5.82 Å². The van der Waals surface area contributed by atoms with Crippen LogP contribution in [0.1, 0.15) is 11.1 Å². The van der Waals surface area contributed by atoms with Crippen LogP contribution in [0.3, 0.4) is 0 Å². The topological polar surface area (TPSA) is 48.8 Å². The molecule has 0 bridgehead atoms. The van der Waals surface area contributed by atoms with Crippen molar-refractivity contribution >= 4 is 6.08 Å². The first-order chi connectivity index (χ1) is 6.74. The zero-order valence-electron chi connectivity index (χ0n) is 7.81. The van der Waals surface area contributed by atoms with Gasteiger partial charge in [-0.25, -0.2) is 4.39 Å². The number of halogens is 1. The molecule has 1 rings (SSSR count). The van der Waals surface area contributed by atoms with E-state index in [0.29, 0.717) is 12.1 Å². The zero-order chi connectivity index (χ0) is 10.4. The summed E-state index contributed by atoms with van der Waals surface area (Å²) in [4.78, 5) is 2.61. The van der Waals surface area contributed by atoms with Gasteiger partial charge in [-0.15, -0.1) is 0 Å². The minimum Gasteiger partial charge on any atom is -0.207 e. The zero-order valence-corrected chi connectivity index (χ0v) is 7.81. The van der Waals surface area contributed by atoms with E-state index in [1.54, 1.807) is 31.2 Å². The second kappa shape index (κ2) is 5.04. The van der Waals surface area contributed by atoms with Crippen LogP contribution in [0.15, 0.2) is 29.4 Å². The number of hydrogen-bond acceptors (Lipinski definition) is 1. The van der Waals surface area contributed by atoms with E-state index in [2.05, 4.69) is 10.0 Å². The predicted octanol–water partition coefficient (Wildman–Crippen LogP) is 3.46. The van der Waals surface area contributed by atoms with Crippen molar-refractivity contribution in [1.82, 2.24) is 0 Å². The molecule has 0 heterocycles. The molecule has 0 unspecified atom stereocenters. The summed E-state index contributed by atoms with van der Waals surface area (Å²) in [6, 6.07) is 4.83. The van der Waals surface area contributed by atoms with Crippen LogP contribution >= 0.6 is 0 Å². The molecule has 3 nitrogen and oxygen atoms in total. The molecule has 4 heteroatoms. The van der Waals surface area contributed by atoms with E-state index in [1.807, 2.05) is 0 Å². The second-order valence-corrected chi connectivity index (χ2v) is 2.82. The third kappa shape index (κ3) is 2.92. The van der Waals surface area contributed by atoms with Crippen molar-refractivity contribution in [1.29, 1.82) is 0 Å². The lowest BCUT2D eigenvalue weighted by Gasteiger charge is -1.97. The van der Waals surface area contributed by atoms with Crippen LogP contribution in [0.4, 0.5) is 4.39 Å². The van der Waals surface area contributed by atoms with Gasteiger partial charge in [0.25, 0.3) is 0 Å². The summed E-state index contributed by atoms with van der Waals surface area (Å²) < 4.78 is 12.9. The van der Waals surface area contributed by atoms with Crippen LogP contribution in [-0.2, 0) is 0 Å². The molecule has 0 atom stereocenters. The van der Waals surface area contributed by atoms with Crippen LogP contribution in [0.2, 0.25) is 0 Å². The minimum absolute atomic E-state index is 0.211. The van der Waals surface area contributed by atoms with Crippen LogP contribution in [-0.4, -0.2) is 6.54 Å². The summed E-state index contributed by atoms with van der Waals surface area (Å²) in [5.74, 6) is -0.211. The number of benzene rings is 1. The van der Waals surface area contributed by atoms with Crippen LogP contribution in [0.5, 0.6) is 0 Å². The van der Waals surface area contributed by atoms with Gasteiger partial charge < -0.3 is 0 Å². The molecule has 0 spiro atoms. The lowest BCUT2D eigenvalue weighted by Crippen LogP contribution is -1.82. The molecular formula is C10H10FN3. The molecular weight excluding hydrogens is 181 g/mol. The van der Waals surface area contributed by atoms with Crippen molar-refractivity contribution in [2.24, 2.45) is 5.11 Å². The van der Waals surface area contributed by atoms with E-state index >= 15 is 0 Å². The van der Waals surface area contributed by atoms with E-state index in [-0.39, 0.29) is 5.82 Å².